The van der Waals surface area contributed by atoms with Gasteiger partial charge in [-0.2, -0.15) is 0 Å². The minimum absolute atomic E-state index is 0.530. The first-order valence-corrected chi connectivity index (χ1v) is 13.7. The highest BCUT2D eigenvalue weighted by atomic mass is 14.4. The van der Waals surface area contributed by atoms with Gasteiger partial charge in [0.15, 0.2) is 0 Å². The van der Waals surface area contributed by atoms with Gasteiger partial charge in [0.05, 0.1) is 0 Å². The third-order valence-electron chi connectivity index (χ3n) is 9.36. The van der Waals surface area contributed by atoms with Crippen LogP contribution in [0.25, 0.3) is 0 Å². The van der Waals surface area contributed by atoms with Gasteiger partial charge in [-0.3, -0.25) is 0 Å². The maximum atomic E-state index is 2.64. The summed E-state index contributed by atoms with van der Waals surface area (Å²) in [6, 6.07) is 0. The van der Waals surface area contributed by atoms with E-state index in [-0.39, 0.29) is 0 Å². The Labute approximate surface area is 186 Å². The first-order chi connectivity index (χ1) is 13.7. The summed E-state index contributed by atoms with van der Waals surface area (Å²) in [6.07, 6.45) is 21.7. The lowest BCUT2D eigenvalue weighted by Crippen LogP contribution is -2.32. The molecule has 0 heteroatoms. The topological polar surface area (TPSA) is 0 Å². The second kappa shape index (κ2) is 13.4. The third-order valence-corrected chi connectivity index (χ3v) is 9.36. The minimum Gasteiger partial charge on any atom is -0.0654 e. The van der Waals surface area contributed by atoms with Crippen LogP contribution in [0.1, 0.15) is 152 Å². The lowest BCUT2D eigenvalue weighted by atomic mass is 9.63. The van der Waals surface area contributed by atoms with E-state index >= 15 is 0 Å². The molecule has 0 saturated heterocycles. The number of hydrogen-bond donors (Lipinski definition) is 0. The molecule has 0 aromatic carbocycles. The van der Waals surface area contributed by atoms with Crippen LogP contribution in [0.5, 0.6) is 0 Å². The highest BCUT2D eigenvalue weighted by Crippen LogP contribution is 2.46. The predicted molar refractivity (Wildman–Crippen MR) is 133 cm³/mol. The molecule has 174 valence electrons. The lowest BCUT2D eigenvalue weighted by Gasteiger charge is -2.42. The van der Waals surface area contributed by atoms with Crippen LogP contribution >= 0.6 is 0 Å². The molecule has 0 aromatic rings. The van der Waals surface area contributed by atoms with Gasteiger partial charge in [0, 0.05) is 0 Å². The van der Waals surface area contributed by atoms with Crippen LogP contribution in [0.2, 0.25) is 0 Å². The smallest absolute Gasteiger partial charge is 0.0298 e. The van der Waals surface area contributed by atoms with Gasteiger partial charge in [0.25, 0.3) is 0 Å². The first kappa shape index (κ1) is 27.0. The summed E-state index contributed by atoms with van der Waals surface area (Å²) >= 11 is 0. The fourth-order valence-corrected chi connectivity index (χ4v) is 5.93. The standard InChI is InChI=1S/C29H58/c1-9-12-14-17-24(4)25(5)29(8,11-3)23-27-19-16-13-15-18-26(22-27)20-21-28(6,7)10-2/h24-27H,9-23H2,1-8H3. The Hall–Kier alpha value is 0. The molecule has 0 bridgehead atoms. The summed E-state index contributed by atoms with van der Waals surface area (Å²) in [5.41, 5.74) is 1.07. The molecule has 1 rings (SSSR count). The normalized spacial score (nSPS) is 25.7. The monoisotopic (exact) mass is 406 g/mol. The molecule has 0 heterocycles. The zero-order chi connectivity index (χ0) is 21.9. The second-order valence-corrected chi connectivity index (χ2v) is 12.1. The Kier molecular flexibility index (Phi) is 12.5. The van der Waals surface area contributed by atoms with Crippen LogP contribution in [-0.2, 0) is 0 Å². The zero-order valence-corrected chi connectivity index (χ0v) is 21.9. The van der Waals surface area contributed by atoms with Crippen molar-refractivity contribution in [2.24, 2.45) is 34.5 Å². The average molecular weight is 407 g/mol. The predicted octanol–water partition coefficient (Wildman–Crippen LogP) is 10.4. The molecule has 29 heavy (non-hydrogen) atoms. The second-order valence-electron chi connectivity index (χ2n) is 12.1. The fourth-order valence-electron chi connectivity index (χ4n) is 5.93. The molecule has 1 saturated carbocycles. The molecule has 0 nitrogen and oxygen atoms in total. The highest BCUT2D eigenvalue weighted by Gasteiger charge is 2.35. The van der Waals surface area contributed by atoms with E-state index in [0.29, 0.717) is 10.8 Å². The summed E-state index contributed by atoms with van der Waals surface area (Å²) in [5, 5.41) is 0. The molecule has 5 atom stereocenters. The van der Waals surface area contributed by atoms with Gasteiger partial charge in [0.2, 0.25) is 0 Å². The van der Waals surface area contributed by atoms with Crippen molar-refractivity contribution in [2.45, 2.75) is 152 Å². The van der Waals surface area contributed by atoms with Crippen molar-refractivity contribution in [3.8, 4) is 0 Å². The van der Waals surface area contributed by atoms with Gasteiger partial charge in [-0.05, 0) is 60.2 Å². The molecular formula is C29H58. The number of unbranched alkanes of at least 4 members (excludes halogenated alkanes) is 2. The third kappa shape index (κ3) is 9.78. The molecule has 0 amide bonds. The summed E-state index contributed by atoms with van der Waals surface area (Å²) in [5.74, 6) is 3.69. The van der Waals surface area contributed by atoms with Crippen LogP contribution in [0.15, 0.2) is 0 Å². The Morgan fingerprint density at radius 1 is 0.828 bits per heavy atom. The van der Waals surface area contributed by atoms with E-state index in [1.165, 1.54) is 96.3 Å². The van der Waals surface area contributed by atoms with Crippen molar-refractivity contribution in [1.82, 2.24) is 0 Å². The van der Waals surface area contributed by atoms with Crippen LogP contribution in [-0.4, -0.2) is 0 Å². The van der Waals surface area contributed by atoms with Crippen molar-refractivity contribution in [3.63, 3.8) is 0 Å². The van der Waals surface area contributed by atoms with E-state index in [1.807, 2.05) is 0 Å². The molecule has 5 unspecified atom stereocenters. The summed E-state index contributed by atoms with van der Waals surface area (Å²) in [6.45, 7) is 19.9. The zero-order valence-electron chi connectivity index (χ0n) is 21.9. The van der Waals surface area contributed by atoms with Crippen molar-refractivity contribution < 1.29 is 0 Å². The quantitative estimate of drug-likeness (QED) is 0.267. The average Bonchev–Trinajstić information content (AvgIpc) is 2.68. The van der Waals surface area contributed by atoms with E-state index in [2.05, 4.69) is 55.4 Å². The van der Waals surface area contributed by atoms with Gasteiger partial charge in [0.1, 0.15) is 0 Å². The van der Waals surface area contributed by atoms with Crippen molar-refractivity contribution in [2.75, 3.05) is 0 Å². The van der Waals surface area contributed by atoms with Crippen LogP contribution in [0.3, 0.4) is 0 Å². The Balaban J connectivity index is 2.72. The van der Waals surface area contributed by atoms with Crippen molar-refractivity contribution in [3.05, 3.63) is 0 Å². The molecule has 0 N–H and O–H groups in total. The van der Waals surface area contributed by atoms with E-state index in [1.54, 1.807) is 0 Å². The van der Waals surface area contributed by atoms with Gasteiger partial charge < -0.3 is 0 Å². The van der Waals surface area contributed by atoms with Crippen LogP contribution in [0, 0.1) is 34.5 Å². The molecule has 1 aliphatic carbocycles. The summed E-state index contributed by atoms with van der Waals surface area (Å²) < 4.78 is 0. The van der Waals surface area contributed by atoms with E-state index in [0.717, 1.165) is 23.7 Å². The molecular weight excluding hydrogens is 348 g/mol. The summed E-state index contributed by atoms with van der Waals surface area (Å²) in [4.78, 5) is 0. The maximum Gasteiger partial charge on any atom is -0.0298 e. The van der Waals surface area contributed by atoms with Crippen molar-refractivity contribution >= 4 is 0 Å². The number of hydrogen-bond acceptors (Lipinski definition) is 0. The Morgan fingerprint density at radius 2 is 1.48 bits per heavy atom. The van der Waals surface area contributed by atoms with Gasteiger partial charge >= 0.3 is 0 Å². The first-order valence-electron chi connectivity index (χ1n) is 13.7. The largest absolute Gasteiger partial charge is 0.0654 e. The van der Waals surface area contributed by atoms with Gasteiger partial charge in [-0.25, -0.2) is 0 Å². The molecule has 1 fully saturated rings. The molecule has 0 radical (unpaired) electrons. The molecule has 0 aromatic heterocycles. The van der Waals surface area contributed by atoms with Crippen molar-refractivity contribution in [1.29, 1.82) is 0 Å². The molecule has 0 spiro atoms. The lowest BCUT2D eigenvalue weighted by molar-refractivity contribution is 0.0806. The van der Waals surface area contributed by atoms with Crippen LogP contribution in [0.4, 0.5) is 0 Å². The Bertz CT molecular complexity index is 408. The van der Waals surface area contributed by atoms with E-state index < -0.39 is 0 Å². The summed E-state index contributed by atoms with van der Waals surface area (Å²) in [7, 11) is 0. The minimum atomic E-state index is 0.530. The molecule has 0 aliphatic heterocycles. The van der Waals surface area contributed by atoms with Gasteiger partial charge in [-0.15, -0.1) is 0 Å². The fraction of sp³-hybridized carbons (Fsp3) is 1.00. The van der Waals surface area contributed by atoms with E-state index in [4.69, 9.17) is 0 Å². The maximum absolute atomic E-state index is 2.64. The molecule has 1 aliphatic rings. The number of rotatable bonds is 13. The Morgan fingerprint density at radius 3 is 2.07 bits per heavy atom. The van der Waals surface area contributed by atoms with Gasteiger partial charge in [-0.1, -0.05) is 126 Å². The highest BCUT2D eigenvalue weighted by molar-refractivity contribution is 4.86. The van der Waals surface area contributed by atoms with E-state index in [9.17, 15) is 0 Å². The van der Waals surface area contributed by atoms with Crippen LogP contribution < -0.4 is 0 Å². The SMILES string of the molecule is CCCCCC(C)C(C)C(C)(CC)CC1CCCCCC(CCC(C)(C)CC)C1.